The summed E-state index contributed by atoms with van der Waals surface area (Å²) in [7, 11) is 0. The molecule has 1 aliphatic rings. The number of hydrogen-bond acceptors (Lipinski definition) is 5. The van der Waals surface area contributed by atoms with Crippen LogP contribution in [-0.4, -0.2) is 39.4 Å². The van der Waals surface area contributed by atoms with E-state index in [4.69, 9.17) is 4.74 Å². The van der Waals surface area contributed by atoms with Crippen molar-refractivity contribution in [1.82, 2.24) is 14.9 Å². The molecule has 1 unspecified atom stereocenters. The number of carbonyl (C=O) groups excluding carboxylic acids is 1. The Morgan fingerprint density at radius 2 is 1.76 bits per heavy atom. The number of hydrogen-bond donors (Lipinski definition) is 2. The normalized spacial score (nSPS) is 13.2. The van der Waals surface area contributed by atoms with Gasteiger partial charge in [0.05, 0.1) is 0 Å². The van der Waals surface area contributed by atoms with Crippen LogP contribution in [0.1, 0.15) is 22.7 Å². The molecule has 1 atom stereocenters. The average molecular weight is 460 g/mol. The van der Waals surface area contributed by atoms with E-state index in [-0.39, 0.29) is 18.9 Å². The van der Waals surface area contributed by atoms with Gasteiger partial charge in [-0.2, -0.15) is 0 Å². The van der Waals surface area contributed by atoms with Crippen LogP contribution in [0.15, 0.2) is 78.4 Å². The maximum absolute atomic E-state index is 12.6. The van der Waals surface area contributed by atoms with Crippen molar-refractivity contribution in [3.63, 3.8) is 0 Å². The molecule has 5 rings (SSSR count). The van der Waals surface area contributed by atoms with Gasteiger partial charge in [-0.15, -0.1) is 11.3 Å². The number of nitrogens with zero attached hydrogens (tertiary/aromatic N) is 2. The van der Waals surface area contributed by atoms with Crippen LogP contribution in [0.3, 0.4) is 0 Å². The minimum absolute atomic E-state index is 0.0893. The third kappa shape index (κ3) is 4.12. The zero-order chi connectivity index (χ0) is 22.8. The molecule has 1 aliphatic carbocycles. The first kappa shape index (κ1) is 21.0. The molecule has 0 radical (unpaired) electrons. The second-order valence-electron chi connectivity index (χ2n) is 7.75. The molecule has 1 amide bonds. The summed E-state index contributed by atoms with van der Waals surface area (Å²) in [6.45, 7) is 0.127. The number of amides is 1. The van der Waals surface area contributed by atoms with E-state index in [1.165, 1.54) is 11.3 Å². The van der Waals surface area contributed by atoms with Crippen LogP contribution in [0.2, 0.25) is 0 Å². The number of rotatable bonds is 7. The molecule has 2 N–H and O–H groups in total. The third-order valence-corrected chi connectivity index (χ3v) is 6.58. The summed E-state index contributed by atoms with van der Waals surface area (Å²) >= 11 is 1.45. The van der Waals surface area contributed by atoms with Crippen molar-refractivity contribution in [2.24, 2.45) is 0 Å². The fraction of sp³-hybridized carbons (Fsp3) is 0.160. The van der Waals surface area contributed by atoms with Crippen molar-refractivity contribution in [3.8, 4) is 16.3 Å². The molecule has 0 fully saturated rings. The van der Waals surface area contributed by atoms with Gasteiger partial charge in [0.25, 0.3) is 0 Å². The van der Waals surface area contributed by atoms with Crippen LogP contribution in [0.5, 0.6) is 0 Å². The fourth-order valence-corrected chi connectivity index (χ4v) is 4.95. The summed E-state index contributed by atoms with van der Waals surface area (Å²) in [6.07, 6.45) is 2.86. The van der Waals surface area contributed by atoms with Gasteiger partial charge >= 0.3 is 12.1 Å². The monoisotopic (exact) mass is 459 g/mol. The summed E-state index contributed by atoms with van der Waals surface area (Å²) in [6, 6.07) is 18.6. The summed E-state index contributed by atoms with van der Waals surface area (Å²) in [5, 5.41) is 14.8. The van der Waals surface area contributed by atoms with E-state index in [0.29, 0.717) is 0 Å². The van der Waals surface area contributed by atoms with Crippen LogP contribution >= 0.6 is 11.3 Å². The highest BCUT2D eigenvalue weighted by Crippen LogP contribution is 2.44. The Hall–Kier alpha value is -3.91. The number of ether oxygens (including phenoxy) is 1. The van der Waals surface area contributed by atoms with E-state index in [9.17, 15) is 14.7 Å². The molecule has 0 saturated carbocycles. The minimum atomic E-state index is -1.13. The number of benzene rings is 2. The molecule has 0 spiro atoms. The van der Waals surface area contributed by atoms with Crippen LogP contribution < -0.4 is 5.32 Å². The first-order valence-electron chi connectivity index (χ1n) is 10.5. The highest BCUT2D eigenvalue weighted by atomic mass is 32.1. The first-order chi connectivity index (χ1) is 16.1. The van der Waals surface area contributed by atoms with Crippen LogP contribution in [-0.2, 0) is 16.0 Å². The number of aromatic nitrogens is 2. The topological polar surface area (TPSA) is 93.5 Å². The molecule has 8 heteroatoms. The lowest BCUT2D eigenvalue weighted by Gasteiger charge is -2.18. The number of nitrogens with one attached hydrogen (secondary N) is 1. The van der Waals surface area contributed by atoms with E-state index in [2.05, 4.69) is 22.4 Å². The molecule has 0 saturated heterocycles. The predicted molar refractivity (Wildman–Crippen MR) is 125 cm³/mol. The van der Waals surface area contributed by atoms with Crippen molar-refractivity contribution in [2.75, 3.05) is 6.61 Å². The van der Waals surface area contributed by atoms with Crippen molar-refractivity contribution in [3.05, 3.63) is 95.3 Å². The average Bonchev–Trinajstić information content (AvgIpc) is 3.56. The zero-order valence-electron chi connectivity index (χ0n) is 17.5. The quantitative estimate of drug-likeness (QED) is 0.425. The Morgan fingerprint density at radius 3 is 2.39 bits per heavy atom. The van der Waals surface area contributed by atoms with Crippen molar-refractivity contribution >= 4 is 23.4 Å². The lowest BCUT2D eigenvalue weighted by molar-refractivity contribution is -0.139. The van der Waals surface area contributed by atoms with Crippen molar-refractivity contribution in [1.29, 1.82) is 0 Å². The highest BCUT2D eigenvalue weighted by molar-refractivity contribution is 7.12. The van der Waals surface area contributed by atoms with Gasteiger partial charge in [0.2, 0.25) is 0 Å². The van der Waals surface area contributed by atoms with Crippen LogP contribution in [0, 0.1) is 0 Å². The van der Waals surface area contributed by atoms with Gasteiger partial charge in [0.15, 0.2) is 5.13 Å². The second-order valence-corrected chi connectivity index (χ2v) is 8.62. The van der Waals surface area contributed by atoms with Crippen molar-refractivity contribution in [2.45, 2.75) is 18.4 Å². The minimum Gasteiger partial charge on any atom is -0.480 e. The van der Waals surface area contributed by atoms with E-state index in [0.717, 1.165) is 33.1 Å². The molecule has 0 aliphatic heterocycles. The standard InChI is InChI=1S/C25H21N3O4S/c29-23(30)22(14-16-6-5-12-28(16)24-26-11-13-33-24)27-25(31)32-15-21-19-9-3-1-7-17(19)18-8-2-4-10-20(18)21/h1-13,21-22H,14-15H2,(H,27,31)(H,29,30). The molecule has 4 aromatic rings. The SMILES string of the molecule is O=C(NC(Cc1cccn1-c1nccs1)C(=O)O)OCC1c2ccccc2-c2ccccc21. The molecule has 2 heterocycles. The predicted octanol–water partition coefficient (Wildman–Crippen LogP) is 4.47. The molecule has 2 aromatic carbocycles. The number of fused-ring (bicyclic) bond motifs is 3. The molecular formula is C25H21N3O4S. The summed E-state index contributed by atoms with van der Waals surface area (Å²) in [4.78, 5) is 28.7. The lowest BCUT2D eigenvalue weighted by Crippen LogP contribution is -2.43. The Kier molecular flexibility index (Phi) is 5.66. The third-order valence-electron chi connectivity index (χ3n) is 5.81. The van der Waals surface area contributed by atoms with Gasteiger partial charge in [-0.05, 0) is 34.4 Å². The molecule has 7 nitrogen and oxygen atoms in total. The Labute approximate surface area is 194 Å². The van der Waals surface area contributed by atoms with Crippen molar-refractivity contribution < 1.29 is 19.4 Å². The number of carbonyl (C=O) groups is 2. The smallest absolute Gasteiger partial charge is 0.407 e. The molecule has 166 valence electrons. The van der Waals surface area contributed by atoms with Gasteiger partial charge in [0, 0.05) is 35.8 Å². The van der Waals surface area contributed by atoms with Gasteiger partial charge < -0.3 is 15.2 Å². The number of carboxylic acid groups (broad SMARTS) is 1. The maximum Gasteiger partial charge on any atom is 0.407 e. The van der Waals surface area contributed by atoms with E-state index >= 15 is 0 Å². The Bertz CT molecular complexity index is 1250. The van der Waals surface area contributed by atoms with Gasteiger partial charge in [-0.1, -0.05) is 48.5 Å². The fourth-order valence-electron chi connectivity index (χ4n) is 4.30. The summed E-state index contributed by atoms with van der Waals surface area (Å²) < 4.78 is 7.33. The van der Waals surface area contributed by atoms with E-state index in [1.807, 2.05) is 64.7 Å². The summed E-state index contributed by atoms with van der Waals surface area (Å²) in [5.41, 5.74) is 5.20. The number of carboxylic acids is 1. The van der Waals surface area contributed by atoms with Gasteiger partial charge in [-0.3, -0.25) is 4.57 Å². The van der Waals surface area contributed by atoms with E-state index in [1.54, 1.807) is 6.20 Å². The second kappa shape index (κ2) is 8.91. The highest BCUT2D eigenvalue weighted by Gasteiger charge is 2.30. The molecule has 2 aromatic heterocycles. The van der Waals surface area contributed by atoms with E-state index < -0.39 is 18.1 Å². The largest absolute Gasteiger partial charge is 0.480 e. The van der Waals surface area contributed by atoms with Crippen LogP contribution in [0.25, 0.3) is 16.3 Å². The maximum atomic E-state index is 12.6. The summed E-state index contributed by atoms with van der Waals surface area (Å²) in [5.74, 6) is -1.22. The van der Waals surface area contributed by atoms with Gasteiger partial charge in [-0.25, -0.2) is 14.6 Å². The molecule has 33 heavy (non-hydrogen) atoms. The zero-order valence-corrected chi connectivity index (χ0v) is 18.4. The number of thiazole rings is 1. The molecule has 0 bridgehead atoms. The first-order valence-corrected chi connectivity index (χ1v) is 11.4. The Balaban J connectivity index is 1.27. The Morgan fingerprint density at radius 1 is 1.06 bits per heavy atom. The van der Waals surface area contributed by atoms with Gasteiger partial charge in [0.1, 0.15) is 12.6 Å². The van der Waals surface area contributed by atoms with Crippen LogP contribution in [0.4, 0.5) is 4.79 Å². The lowest BCUT2D eigenvalue weighted by atomic mass is 9.98. The molecular weight excluding hydrogens is 438 g/mol. The number of alkyl carbamates (subject to hydrolysis) is 1. The number of aliphatic carboxylic acids is 1.